The van der Waals surface area contributed by atoms with Gasteiger partial charge in [0.2, 0.25) is 0 Å². The number of hydrogen-bond donors (Lipinski definition) is 2. The maximum absolute atomic E-state index is 9.51. The van der Waals surface area contributed by atoms with E-state index in [0.717, 1.165) is 0 Å². The lowest BCUT2D eigenvalue weighted by atomic mass is 10.0. The molecule has 0 fully saturated rings. The van der Waals surface area contributed by atoms with E-state index in [1.165, 1.54) is 0 Å². The van der Waals surface area contributed by atoms with Crippen LogP contribution in [0, 0.1) is 0 Å². The molecule has 0 aromatic heterocycles. The lowest BCUT2D eigenvalue weighted by Gasteiger charge is -2.22. The minimum absolute atomic E-state index is 0.345. The minimum atomic E-state index is -0.841. The first kappa shape index (κ1) is 14.2. The predicted octanol–water partition coefficient (Wildman–Crippen LogP) is 2.35. The Balaban J connectivity index is 4.04. The van der Waals surface area contributed by atoms with E-state index in [4.69, 9.17) is 4.74 Å². The fraction of sp³-hybridized carbons (Fsp3) is 0.667. The highest BCUT2D eigenvalue weighted by Gasteiger charge is 2.18. The predicted molar refractivity (Wildman–Crippen MR) is 61.2 cm³/mol. The Labute approximate surface area is 92.1 Å². The van der Waals surface area contributed by atoms with E-state index >= 15 is 0 Å². The molecule has 0 spiro atoms. The Morgan fingerprint density at radius 1 is 0.933 bits per heavy atom. The molecule has 88 valence electrons. The molecule has 2 N–H and O–H groups in total. The van der Waals surface area contributed by atoms with Crippen molar-refractivity contribution in [1.29, 1.82) is 0 Å². The Morgan fingerprint density at radius 3 is 1.40 bits per heavy atom. The SMILES string of the molecule is C=C(CC(C)(C)O)OC(=C)CC(C)(C)O. The highest BCUT2D eigenvalue weighted by molar-refractivity contribution is 4.99. The quantitative estimate of drug-likeness (QED) is 0.667. The second-order valence-electron chi connectivity index (χ2n) is 5.16. The Morgan fingerprint density at radius 2 is 1.20 bits per heavy atom. The molecule has 0 aliphatic rings. The molecular weight excluding hydrogens is 192 g/mol. The minimum Gasteiger partial charge on any atom is -0.467 e. The topological polar surface area (TPSA) is 49.7 Å². The van der Waals surface area contributed by atoms with Crippen molar-refractivity contribution in [3.05, 3.63) is 24.7 Å². The van der Waals surface area contributed by atoms with Gasteiger partial charge in [-0.15, -0.1) is 0 Å². The average molecular weight is 214 g/mol. The molecule has 0 unspecified atom stereocenters. The fourth-order valence-electron chi connectivity index (χ4n) is 1.24. The molecule has 15 heavy (non-hydrogen) atoms. The van der Waals surface area contributed by atoms with Crippen LogP contribution in [0.15, 0.2) is 24.7 Å². The van der Waals surface area contributed by atoms with Crippen LogP contribution in [0.1, 0.15) is 40.5 Å². The molecule has 0 bridgehead atoms. The third-order valence-corrected chi connectivity index (χ3v) is 1.55. The lowest BCUT2D eigenvalue weighted by Crippen LogP contribution is -2.22. The monoisotopic (exact) mass is 214 g/mol. The van der Waals surface area contributed by atoms with Gasteiger partial charge in [-0.05, 0) is 27.7 Å². The molecule has 0 atom stereocenters. The van der Waals surface area contributed by atoms with Crippen molar-refractivity contribution < 1.29 is 14.9 Å². The van der Waals surface area contributed by atoms with Gasteiger partial charge in [-0.3, -0.25) is 0 Å². The van der Waals surface area contributed by atoms with Gasteiger partial charge in [0.25, 0.3) is 0 Å². The molecule has 0 saturated heterocycles. The molecule has 0 heterocycles. The fourth-order valence-corrected chi connectivity index (χ4v) is 1.24. The summed E-state index contributed by atoms with van der Waals surface area (Å²) in [5.41, 5.74) is -1.68. The Hall–Kier alpha value is -0.800. The molecule has 0 radical (unpaired) electrons. The van der Waals surface area contributed by atoms with Gasteiger partial charge in [0.05, 0.1) is 22.7 Å². The van der Waals surface area contributed by atoms with Gasteiger partial charge >= 0.3 is 0 Å². The number of ether oxygens (including phenoxy) is 1. The van der Waals surface area contributed by atoms with Crippen molar-refractivity contribution in [3.63, 3.8) is 0 Å². The smallest absolute Gasteiger partial charge is 0.0992 e. The largest absolute Gasteiger partial charge is 0.467 e. The zero-order chi connectivity index (χ0) is 12.3. The summed E-state index contributed by atoms with van der Waals surface area (Å²) in [6, 6.07) is 0. The third kappa shape index (κ3) is 9.50. The van der Waals surface area contributed by atoms with Crippen molar-refractivity contribution in [2.75, 3.05) is 0 Å². The number of hydrogen-bond acceptors (Lipinski definition) is 3. The van der Waals surface area contributed by atoms with E-state index in [0.29, 0.717) is 24.4 Å². The molecule has 0 aromatic rings. The molecule has 0 rings (SSSR count). The van der Waals surface area contributed by atoms with Crippen LogP contribution in [0.25, 0.3) is 0 Å². The second kappa shape index (κ2) is 4.81. The van der Waals surface area contributed by atoms with Gasteiger partial charge in [0, 0.05) is 12.8 Å². The van der Waals surface area contributed by atoms with Crippen LogP contribution in [-0.2, 0) is 4.74 Å². The summed E-state index contributed by atoms with van der Waals surface area (Å²) in [5, 5.41) is 19.0. The third-order valence-electron chi connectivity index (χ3n) is 1.55. The first-order valence-corrected chi connectivity index (χ1v) is 4.98. The van der Waals surface area contributed by atoms with Crippen LogP contribution in [0.4, 0.5) is 0 Å². The molecular formula is C12H22O3. The maximum atomic E-state index is 9.51. The summed E-state index contributed by atoms with van der Waals surface area (Å²) >= 11 is 0. The van der Waals surface area contributed by atoms with E-state index in [1.54, 1.807) is 27.7 Å². The number of rotatable bonds is 6. The highest BCUT2D eigenvalue weighted by atomic mass is 16.5. The van der Waals surface area contributed by atoms with E-state index in [9.17, 15) is 10.2 Å². The first-order valence-electron chi connectivity index (χ1n) is 4.98. The molecule has 0 aliphatic carbocycles. The van der Waals surface area contributed by atoms with Gasteiger partial charge < -0.3 is 14.9 Å². The van der Waals surface area contributed by atoms with E-state index in [-0.39, 0.29) is 0 Å². The summed E-state index contributed by atoms with van der Waals surface area (Å²) in [4.78, 5) is 0. The van der Waals surface area contributed by atoms with Gasteiger partial charge in [-0.1, -0.05) is 13.2 Å². The molecule has 3 nitrogen and oxygen atoms in total. The van der Waals surface area contributed by atoms with Crippen molar-refractivity contribution in [2.24, 2.45) is 0 Å². The van der Waals surface area contributed by atoms with Crippen molar-refractivity contribution >= 4 is 0 Å². The van der Waals surface area contributed by atoms with Crippen molar-refractivity contribution in [2.45, 2.75) is 51.7 Å². The van der Waals surface area contributed by atoms with Gasteiger partial charge in [0.15, 0.2) is 0 Å². The molecule has 0 aliphatic heterocycles. The van der Waals surface area contributed by atoms with Crippen molar-refractivity contribution in [1.82, 2.24) is 0 Å². The zero-order valence-corrected chi connectivity index (χ0v) is 10.1. The summed E-state index contributed by atoms with van der Waals surface area (Å²) in [5.74, 6) is 0.911. The molecule has 0 saturated carbocycles. The normalized spacial score (nSPS) is 12.4. The average Bonchev–Trinajstić information content (AvgIpc) is 1.73. The summed E-state index contributed by atoms with van der Waals surface area (Å²) < 4.78 is 5.29. The van der Waals surface area contributed by atoms with E-state index in [2.05, 4.69) is 13.2 Å². The zero-order valence-electron chi connectivity index (χ0n) is 10.1. The summed E-state index contributed by atoms with van der Waals surface area (Å²) in [6.45, 7) is 14.1. The van der Waals surface area contributed by atoms with Crippen LogP contribution in [0.2, 0.25) is 0 Å². The second-order valence-corrected chi connectivity index (χ2v) is 5.16. The standard InChI is InChI=1S/C12H22O3/c1-9(7-11(3,4)13)15-10(2)8-12(5,6)14/h13-14H,1-2,7-8H2,3-6H3. The van der Waals surface area contributed by atoms with Crippen molar-refractivity contribution in [3.8, 4) is 0 Å². The summed E-state index contributed by atoms with van der Waals surface area (Å²) in [7, 11) is 0. The van der Waals surface area contributed by atoms with Crippen LogP contribution in [0.5, 0.6) is 0 Å². The molecule has 0 aromatic carbocycles. The molecule has 3 heteroatoms. The Kier molecular flexibility index (Phi) is 4.56. The first-order chi connectivity index (χ1) is 6.49. The van der Waals surface area contributed by atoms with Crippen LogP contribution >= 0.6 is 0 Å². The Bertz CT molecular complexity index is 215. The van der Waals surface area contributed by atoms with E-state index < -0.39 is 11.2 Å². The maximum Gasteiger partial charge on any atom is 0.0992 e. The van der Waals surface area contributed by atoms with Crippen LogP contribution in [0.3, 0.4) is 0 Å². The van der Waals surface area contributed by atoms with Gasteiger partial charge in [-0.25, -0.2) is 0 Å². The highest BCUT2D eigenvalue weighted by Crippen LogP contribution is 2.21. The van der Waals surface area contributed by atoms with E-state index in [1.807, 2.05) is 0 Å². The van der Waals surface area contributed by atoms with Crippen LogP contribution in [-0.4, -0.2) is 21.4 Å². The number of aliphatic hydroxyl groups is 2. The lowest BCUT2D eigenvalue weighted by molar-refractivity contribution is 0.0512. The van der Waals surface area contributed by atoms with Crippen LogP contribution < -0.4 is 0 Å². The van der Waals surface area contributed by atoms with Gasteiger partial charge in [0.1, 0.15) is 0 Å². The summed E-state index contributed by atoms with van der Waals surface area (Å²) in [6.07, 6.45) is 0.690. The molecule has 0 amide bonds. The van der Waals surface area contributed by atoms with Gasteiger partial charge in [-0.2, -0.15) is 0 Å².